The van der Waals surface area contributed by atoms with Crippen molar-refractivity contribution in [2.45, 2.75) is 19.8 Å². The van der Waals surface area contributed by atoms with Crippen LogP contribution >= 0.6 is 0 Å². The summed E-state index contributed by atoms with van der Waals surface area (Å²) in [6.45, 7) is 7.72. The van der Waals surface area contributed by atoms with E-state index in [1.54, 1.807) is 0 Å². The van der Waals surface area contributed by atoms with Gasteiger partial charge in [-0.3, -0.25) is 0 Å². The molecular formula is C15H22N2O. The van der Waals surface area contributed by atoms with Crippen molar-refractivity contribution in [2.75, 3.05) is 38.1 Å². The second-order valence-corrected chi connectivity index (χ2v) is 5.33. The Morgan fingerprint density at radius 1 is 1.44 bits per heavy atom. The van der Waals surface area contributed by atoms with Gasteiger partial charge in [0.15, 0.2) is 0 Å². The summed E-state index contributed by atoms with van der Waals surface area (Å²) in [5.74, 6) is 1.74. The van der Waals surface area contributed by atoms with Crippen molar-refractivity contribution in [1.29, 1.82) is 0 Å². The van der Waals surface area contributed by atoms with Crippen LogP contribution in [0.5, 0.6) is 5.75 Å². The molecular weight excluding hydrogens is 224 g/mol. The molecule has 1 aromatic carbocycles. The van der Waals surface area contributed by atoms with Crippen LogP contribution in [0, 0.1) is 5.92 Å². The van der Waals surface area contributed by atoms with Crippen molar-refractivity contribution in [3.8, 4) is 5.75 Å². The molecule has 1 N–H and O–H groups in total. The minimum Gasteiger partial charge on any atom is -0.491 e. The van der Waals surface area contributed by atoms with E-state index in [0.29, 0.717) is 5.92 Å². The van der Waals surface area contributed by atoms with E-state index >= 15 is 0 Å². The highest BCUT2D eigenvalue weighted by atomic mass is 16.5. The van der Waals surface area contributed by atoms with Crippen molar-refractivity contribution in [3.05, 3.63) is 23.8 Å². The van der Waals surface area contributed by atoms with E-state index in [1.165, 1.54) is 37.3 Å². The van der Waals surface area contributed by atoms with Crippen molar-refractivity contribution in [1.82, 2.24) is 4.90 Å². The first kappa shape index (κ1) is 11.8. The third-order valence-corrected chi connectivity index (χ3v) is 4.10. The summed E-state index contributed by atoms with van der Waals surface area (Å²) in [7, 11) is 0. The number of hydrogen-bond donors (Lipinski definition) is 1. The fourth-order valence-electron chi connectivity index (χ4n) is 2.97. The van der Waals surface area contributed by atoms with Crippen molar-refractivity contribution < 1.29 is 4.74 Å². The average Bonchev–Trinajstić information content (AvgIpc) is 3.05. The maximum atomic E-state index is 6.04. The average molecular weight is 246 g/mol. The molecule has 3 nitrogen and oxygen atoms in total. The zero-order valence-corrected chi connectivity index (χ0v) is 11.1. The normalized spacial score (nSPS) is 22.8. The van der Waals surface area contributed by atoms with Gasteiger partial charge in [0, 0.05) is 19.0 Å². The van der Waals surface area contributed by atoms with Crippen LogP contribution in [-0.4, -0.2) is 37.7 Å². The number of nitrogens with one attached hydrogen (secondary N) is 1. The third-order valence-electron chi connectivity index (χ3n) is 4.10. The lowest BCUT2D eigenvalue weighted by molar-refractivity contribution is 0.244. The number of fused-ring (bicyclic) bond motifs is 1. The minimum absolute atomic E-state index is 0.696. The van der Waals surface area contributed by atoms with E-state index in [9.17, 15) is 0 Å². The molecule has 0 amide bonds. The standard InChI is InChI=1S/C15H22N2O/c1-2-17-9-7-12(10-17)11-18-14-5-3-4-13-6-8-16-15(13)14/h3-5,12,16H,2,6-11H2,1H3. The van der Waals surface area contributed by atoms with E-state index in [-0.39, 0.29) is 0 Å². The van der Waals surface area contributed by atoms with Gasteiger partial charge in [-0.2, -0.15) is 0 Å². The summed E-state index contributed by atoms with van der Waals surface area (Å²) in [4.78, 5) is 2.50. The van der Waals surface area contributed by atoms with Gasteiger partial charge < -0.3 is 15.0 Å². The van der Waals surface area contributed by atoms with E-state index in [0.717, 1.165) is 25.3 Å². The highest BCUT2D eigenvalue weighted by Gasteiger charge is 2.22. The van der Waals surface area contributed by atoms with Crippen LogP contribution < -0.4 is 10.1 Å². The molecule has 1 atom stereocenters. The molecule has 0 saturated carbocycles. The van der Waals surface area contributed by atoms with Crippen molar-refractivity contribution in [2.24, 2.45) is 5.92 Å². The Hall–Kier alpha value is -1.22. The van der Waals surface area contributed by atoms with E-state index in [1.807, 2.05) is 0 Å². The molecule has 0 aromatic heterocycles. The Bertz CT molecular complexity index is 419. The number of anilines is 1. The Labute approximate surface area is 109 Å². The number of nitrogens with zero attached hydrogens (tertiary/aromatic N) is 1. The summed E-state index contributed by atoms with van der Waals surface area (Å²) in [6.07, 6.45) is 2.40. The number of likely N-dealkylation sites (tertiary alicyclic amines) is 1. The molecule has 1 unspecified atom stereocenters. The minimum atomic E-state index is 0.696. The fraction of sp³-hybridized carbons (Fsp3) is 0.600. The second kappa shape index (κ2) is 5.19. The topological polar surface area (TPSA) is 24.5 Å². The smallest absolute Gasteiger partial charge is 0.142 e. The largest absolute Gasteiger partial charge is 0.491 e. The van der Waals surface area contributed by atoms with Crippen LogP contribution in [-0.2, 0) is 6.42 Å². The molecule has 98 valence electrons. The van der Waals surface area contributed by atoms with Gasteiger partial charge in [-0.1, -0.05) is 19.1 Å². The molecule has 18 heavy (non-hydrogen) atoms. The van der Waals surface area contributed by atoms with Crippen LogP contribution in [0.3, 0.4) is 0 Å². The van der Waals surface area contributed by atoms with Gasteiger partial charge in [-0.25, -0.2) is 0 Å². The molecule has 0 radical (unpaired) electrons. The quantitative estimate of drug-likeness (QED) is 0.882. The Morgan fingerprint density at radius 3 is 3.22 bits per heavy atom. The van der Waals surface area contributed by atoms with Gasteiger partial charge in [0.25, 0.3) is 0 Å². The molecule has 1 saturated heterocycles. The van der Waals surface area contributed by atoms with Crippen LogP contribution in [0.4, 0.5) is 5.69 Å². The van der Waals surface area contributed by atoms with Crippen LogP contribution in [0.1, 0.15) is 18.9 Å². The molecule has 2 heterocycles. The van der Waals surface area contributed by atoms with Gasteiger partial charge in [0.1, 0.15) is 5.75 Å². The summed E-state index contributed by atoms with van der Waals surface area (Å²) in [5.41, 5.74) is 2.62. The van der Waals surface area contributed by atoms with E-state index < -0.39 is 0 Å². The van der Waals surface area contributed by atoms with E-state index in [4.69, 9.17) is 4.74 Å². The first-order chi connectivity index (χ1) is 8.86. The van der Waals surface area contributed by atoms with E-state index in [2.05, 4.69) is 35.3 Å². The molecule has 1 aromatic rings. The molecule has 1 fully saturated rings. The number of benzene rings is 1. The molecule has 0 spiro atoms. The number of ether oxygens (including phenoxy) is 1. The van der Waals surface area contributed by atoms with Crippen LogP contribution in [0.2, 0.25) is 0 Å². The highest BCUT2D eigenvalue weighted by molar-refractivity contribution is 5.65. The molecule has 0 bridgehead atoms. The zero-order chi connectivity index (χ0) is 12.4. The zero-order valence-electron chi connectivity index (χ0n) is 11.1. The molecule has 2 aliphatic heterocycles. The van der Waals surface area contributed by atoms with Gasteiger partial charge in [-0.15, -0.1) is 0 Å². The predicted octanol–water partition coefficient (Wildman–Crippen LogP) is 2.38. The Balaban J connectivity index is 1.59. The fourth-order valence-corrected chi connectivity index (χ4v) is 2.97. The number of hydrogen-bond acceptors (Lipinski definition) is 3. The Kier molecular flexibility index (Phi) is 3.41. The van der Waals surface area contributed by atoms with Crippen molar-refractivity contribution in [3.63, 3.8) is 0 Å². The SMILES string of the molecule is CCN1CCC(COc2cccc3c2NCC3)C1. The lowest BCUT2D eigenvalue weighted by Gasteiger charge is -2.15. The first-order valence-corrected chi connectivity index (χ1v) is 7.07. The highest BCUT2D eigenvalue weighted by Crippen LogP contribution is 2.33. The third kappa shape index (κ3) is 2.32. The first-order valence-electron chi connectivity index (χ1n) is 7.07. The second-order valence-electron chi connectivity index (χ2n) is 5.33. The summed E-state index contributed by atoms with van der Waals surface area (Å²) < 4.78 is 6.04. The van der Waals surface area contributed by atoms with Crippen LogP contribution in [0.15, 0.2) is 18.2 Å². The number of para-hydroxylation sites is 1. The van der Waals surface area contributed by atoms with Crippen LogP contribution in [0.25, 0.3) is 0 Å². The summed E-state index contributed by atoms with van der Waals surface area (Å²) in [5, 5.41) is 3.43. The maximum absolute atomic E-state index is 6.04. The molecule has 0 aliphatic carbocycles. The predicted molar refractivity (Wildman–Crippen MR) is 74.4 cm³/mol. The van der Waals surface area contributed by atoms with Gasteiger partial charge >= 0.3 is 0 Å². The lowest BCUT2D eigenvalue weighted by Crippen LogP contribution is -2.21. The summed E-state index contributed by atoms with van der Waals surface area (Å²) >= 11 is 0. The monoisotopic (exact) mass is 246 g/mol. The summed E-state index contributed by atoms with van der Waals surface area (Å²) in [6, 6.07) is 6.38. The maximum Gasteiger partial charge on any atom is 0.142 e. The van der Waals surface area contributed by atoms with Gasteiger partial charge in [0.05, 0.1) is 12.3 Å². The van der Waals surface area contributed by atoms with Crippen molar-refractivity contribution >= 4 is 5.69 Å². The van der Waals surface area contributed by atoms with Gasteiger partial charge in [-0.05, 0) is 37.6 Å². The molecule has 3 rings (SSSR count). The molecule has 3 heteroatoms. The Morgan fingerprint density at radius 2 is 2.39 bits per heavy atom. The van der Waals surface area contributed by atoms with Gasteiger partial charge in [0.2, 0.25) is 0 Å². The molecule has 2 aliphatic rings. The number of rotatable bonds is 4. The lowest BCUT2D eigenvalue weighted by atomic mass is 10.1.